The molecule has 0 aliphatic carbocycles. The van der Waals surface area contributed by atoms with Gasteiger partial charge in [-0.15, -0.1) is 0 Å². The lowest BCUT2D eigenvalue weighted by atomic mass is 10.2. The zero-order chi connectivity index (χ0) is 16.6. The van der Waals surface area contributed by atoms with E-state index in [-0.39, 0.29) is 10.6 Å². The van der Waals surface area contributed by atoms with Gasteiger partial charge >= 0.3 is 0 Å². The van der Waals surface area contributed by atoms with Crippen LogP contribution in [0, 0.1) is 13.8 Å². The summed E-state index contributed by atoms with van der Waals surface area (Å²) in [7, 11) is -3.61. The Kier molecular flexibility index (Phi) is 4.03. The fourth-order valence-corrected chi connectivity index (χ4v) is 4.59. The minimum absolute atomic E-state index is 0.161. The van der Waals surface area contributed by atoms with Crippen LogP contribution in [0.2, 0.25) is 0 Å². The molecule has 1 saturated heterocycles. The van der Waals surface area contributed by atoms with Gasteiger partial charge in [0.15, 0.2) is 5.76 Å². The van der Waals surface area contributed by atoms with Crippen LogP contribution in [-0.4, -0.2) is 49.2 Å². The summed E-state index contributed by atoms with van der Waals surface area (Å²) in [5, 5.41) is 13.6. The number of rotatable bonds is 3. The smallest absolute Gasteiger partial charge is 0.248 e. The third kappa shape index (κ3) is 2.79. The van der Waals surface area contributed by atoms with Crippen LogP contribution in [0.5, 0.6) is 5.75 Å². The highest BCUT2D eigenvalue weighted by molar-refractivity contribution is 7.89. The zero-order valence-corrected chi connectivity index (χ0v) is 13.9. The third-order valence-electron chi connectivity index (χ3n) is 4.03. The molecule has 1 aliphatic rings. The van der Waals surface area contributed by atoms with Crippen molar-refractivity contribution in [2.24, 2.45) is 0 Å². The number of phenolic OH excluding ortho intramolecular Hbond substituents is 1. The molecule has 0 saturated carbocycles. The van der Waals surface area contributed by atoms with Crippen LogP contribution in [0.15, 0.2) is 33.7 Å². The van der Waals surface area contributed by atoms with Crippen molar-refractivity contribution >= 4 is 15.7 Å². The Bertz CT molecular complexity index is 788. The summed E-state index contributed by atoms with van der Waals surface area (Å²) in [5.41, 5.74) is 1.10. The molecule has 1 aromatic heterocycles. The maximum absolute atomic E-state index is 12.8. The van der Waals surface area contributed by atoms with Crippen molar-refractivity contribution in [3.8, 4) is 5.75 Å². The number of benzene rings is 1. The molecule has 0 radical (unpaired) electrons. The number of phenols is 1. The summed E-state index contributed by atoms with van der Waals surface area (Å²) >= 11 is 0. The fraction of sp³-hybridized carbons (Fsp3) is 0.400. The number of hydrogen-bond donors (Lipinski definition) is 1. The summed E-state index contributed by atoms with van der Waals surface area (Å²) in [6.45, 7) is 4.95. The van der Waals surface area contributed by atoms with Gasteiger partial charge in [-0.25, -0.2) is 8.42 Å². The minimum Gasteiger partial charge on any atom is -0.506 e. The number of aromatic hydroxyl groups is 1. The Morgan fingerprint density at radius 1 is 1.13 bits per heavy atom. The van der Waals surface area contributed by atoms with Crippen molar-refractivity contribution < 1.29 is 18.0 Å². The summed E-state index contributed by atoms with van der Waals surface area (Å²) in [6, 6.07) is 7.06. The highest BCUT2D eigenvalue weighted by Gasteiger charge is 2.33. The first-order chi connectivity index (χ1) is 10.9. The lowest BCUT2D eigenvalue weighted by Crippen LogP contribution is -2.48. The van der Waals surface area contributed by atoms with E-state index in [1.807, 2.05) is 17.0 Å². The lowest BCUT2D eigenvalue weighted by molar-refractivity contribution is 0.377. The molecule has 3 rings (SSSR count). The highest BCUT2D eigenvalue weighted by atomic mass is 32.2. The number of hydrogen-bond acceptors (Lipinski definition) is 6. The van der Waals surface area contributed by atoms with Gasteiger partial charge in [0.1, 0.15) is 16.3 Å². The molecular weight excluding hydrogens is 318 g/mol. The minimum atomic E-state index is -3.61. The first-order valence-electron chi connectivity index (χ1n) is 7.37. The van der Waals surface area contributed by atoms with Crippen molar-refractivity contribution in [3.63, 3.8) is 0 Å². The maximum atomic E-state index is 12.8. The Hall–Kier alpha value is -2.06. The number of para-hydroxylation sites is 2. The average molecular weight is 337 g/mol. The van der Waals surface area contributed by atoms with E-state index in [9.17, 15) is 13.5 Å². The quantitative estimate of drug-likeness (QED) is 0.913. The number of piperazine rings is 1. The van der Waals surface area contributed by atoms with Crippen LogP contribution in [0.4, 0.5) is 5.69 Å². The Labute approximate surface area is 135 Å². The number of nitrogens with zero attached hydrogens (tertiary/aromatic N) is 3. The Balaban J connectivity index is 1.78. The van der Waals surface area contributed by atoms with E-state index in [0.29, 0.717) is 37.6 Å². The molecule has 0 amide bonds. The second-order valence-corrected chi connectivity index (χ2v) is 7.41. The van der Waals surface area contributed by atoms with Crippen LogP contribution in [0.1, 0.15) is 11.5 Å². The summed E-state index contributed by atoms with van der Waals surface area (Å²) in [6.07, 6.45) is 0. The van der Waals surface area contributed by atoms with Gasteiger partial charge in [0.25, 0.3) is 0 Å². The van der Waals surface area contributed by atoms with E-state index in [2.05, 4.69) is 5.16 Å². The molecule has 1 aliphatic heterocycles. The molecule has 7 nitrogen and oxygen atoms in total. The van der Waals surface area contributed by atoms with Crippen LogP contribution in [0.25, 0.3) is 0 Å². The molecule has 0 unspecified atom stereocenters. The Morgan fingerprint density at radius 3 is 2.35 bits per heavy atom. The van der Waals surface area contributed by atoms with Crippen molar-refractivity contribution in [3.05, 3.63) is 35.7 Å². The normalized spacial score (nSPS) is 16.7. The summed E-state index contributed by atoms with van der Waals surface area (Å²) in [5.74, 6) is 0.514. The van der Waals surface area contributed by atoms with Crippen LogP contribution >= 0.6 is 0 Å². The third-order valence-corrected chi connectivity index (χ3v) is 6.17. The molecule has 1 N–H and O–H groups in total. The molecule has 0 bridgehead atoms. The zero-order valence-electron chi connectivity index (χ0n) is 13.1. The number of anilines is 1. The molecule has 0 atom stereocenters. The number of aryl methyl sites for hydroxylation is 2. The molecule has 0 spiro atoms. The van der Waals surface area contributed by atoms with Gasteiger partial charge in [0.2, 0.25) is 10.0 Å². The van der Waals surface area contributed by atoms with Crippen LogP contribution in [0.3, 0.4) is 0 Å². The SMILES string of the molecule is Cc1noc(C)c1S(=O)(=O)N1CCN(c2ccccc2O)CC1. The summed E-state index contributed by atoms with van der Waals surface area (Å²) in [4.78, 5) is 2.14. The standard InChI is InChI=1S/C15H19N3O4S/c1-11-15(12(2)22-16-11)23(20,21)18-9-7-17(8-10-18)13-5-3-4-6-14(13)19/h3-6,19H,7-10H2,1-2H3. The molecule has 8 heteroatoms. The van der Waals surface area contributed by atoms with E-state index in [4.69, 9.17) is 4.52 Å². The van der Waals surface area contributed by atoms with E-state index in [0.717, 1.165) is 5.69 Å². The first kappa shape index (κ1) is 15.8. The maximum Gasteiger partial charge on any atom is 0.248 e. The molecular formula is C15H19N3O4S. The summed E-state index contributed by atoms with van der Waals surface area (Å²) < 4.78 is 31.9. The van der Waals surface area contributed by atoms with E-state index in [1.54, 1.807) is 26.0 Å². The van der Waals surface area contributed by atoms with Crippen LogP contribution < -0.4 is 4.90 Å². The van der Waals surface area contributed by atoms with Gasteiger partial charge in [0.05, 0.1) is 5.69 Å². The average Bonchev–Trinajstić information content (AvgIpc) is 2.87. The Morgan fingerprint density at radius 2 is 1.78 bits per heavy atom. The van der Waals surface area contributed by atoms with E-state index >= 15 is 0 Å². The van der Waals surface area contributed by atoms with E-state index < -0.39 is 10.0 Å². The predicted octanol–water partition coefficient (Wildman–Crippen LogP) is 1.51. The molecule has 23 heavy (non-hydrogen) atoms. The predicted molar refractivity (Wildman–Crippen MR) is 85.1 cm³/mol. The first-order valence-corrected chi connectivity index (χ1v) is 8.81. The number of aromatic nitrogens is 1. The van der Waals surface area contributed by atoms with Gasteiger partial charge in [-0.2, -0.15) is 4.31 Å². The van der Waals surface area contributed by atoms with Gasteiger partial charge in [0, 0.05) is 26.2 Å². The van der Waals surface area contributed by atoms with Gasteiger partial charge in [-0.3, -0.25) is 0 Å². The van der Waals surface area contributed by atoms with Gasteiger partial charge < -0.3 is 14.5 Å². The second kappa shape index (κ2) is 5.86. The molecule has 2 heterocycles. The van der Waals surface area contributed by atoms with Crippen molar-refractivity contribution in [2.45, 2.75) is 18.7 Å². The van der Waals surface area contributed by atoms with Gasteiger partial charge in [-0.05, 0) is 26.0 Å². The monoisotopic (exact) mass is 337 g/mol. The van der Waals surface area contributed by atoms with Gasteiger partial charge in [-0.1, -0.05) is 17.3 Å². The largest absolute Gasteiger partial charge is 0.506 e. The van der Waals surface area contributed by atoms with Crippen molar-refractivity contribution in [1.29, 1.82) is 0 Å². The fourth-order valence-electron chi connectivity index (χ4n) is 2.87. The molecule has 2 aromatic rings. The van der Waals surface area contributed by atoms with Crippen LogP contribution in [-0.2, 0) is 10.0 Å². The topological polar surface area (TPSA) is 86.9 Å². The second-order valence-electron chi connectivity index (χ2n) is 5.53. The molecule has 1 aromatic carbocycles. The molecule has 124 valence electrons. The van der Waals surface area contributed by atoms with Crippen molar-refractivity contribution in [2.75, 3.05) is 31.1 Å². The van der Waals surface area contributed by atoms with E-state index in [1.165, 1.54) is 4.31 Å². The molecule has 1 fully saturated rings. The van der Waals surface area contributed by atoms with Crippen molar-refractivity contribution in [1.82, 2.24) is 9.46 Å². The lowest BCUT2D eigenvalue weighted by Gasteiger charge is -2.35. The highest BCUT2D eigenvalue weighted by Crippen LogP contribution is 2.29. The number of sulfonamides is 1.